The van der Waals surface area contributed by atoms with Crippen LogP contribution in [-0.2, 0) is 11.2 Å². The van der Waals surface area contributed by atoms with Gasteiger partial charge < -0.3 is 24.8 Å². The summed E-state index contributed by atoms with van der Waals surface area (Å²) >= 11 is 0. The highest BCUT2D eigenvalue weighted by Gasteiger charge is 2.25. The second-order valence-corrected chi connectivity index (χ2v) is 4.50. The van der Waals surface area contributed by atoms with Crippen LogP contribution in [0.25, 0.3) is 0 Å². The van der Waals surface area contributed by atoms with Crippen LogP contribution in [-0.4, -0.2) is 46.4 Å². The van der Waals surface area contributed by atoms with Crippen molar-refractivity contribution in [2.24, 2.45) is 0 Å². The van der Waals surface area contributed by atoms with E-state index in [4.69, 9.17) is 14.2 Å². The monoisotopic (exact) mass is 280 g/mol. The summed E-state index contributed by atoms with van der Waals surface area (Å²) in [5.74, 6) is 1.76. The van der Waals surface area contributed by atoms with E-state index in [0.717, 1.165) is 12.1 Å². The van der Waals surface area contributed by atoms with Gasteiger partial charge in [0.05, 0.1) is 27.4 Å². The first-order chi connectivity index (χ1) is 9.71. The third-order valence-electron chi connectivity index (χ3n) is 3.34. The molecule has 0 radical (unpaired) electrons. The van der Waals surface area contributed by atoms with Crippen molar-refractivity contribution in [1.29, 1.82) is 0 Å². The van der Waals surface area contributed by atoms with Crippen LogP contribution < -0.4 is 24.8 Å². The maximum Gasteiger partial charge on any atom is 0.237 e. The maximum absolute atomic E-state index is 11.8. The number of benzene rings is 1. The summed E-state index contributed by atoms with van der Waals surface area (Å²) in [4.78, 5) is 11.8. The number of rotatable bonds is 5. The lowest BCUT2D eigenvalue weighted by molar-refractivity contribution is -0.124. The molecule has 6 nitrogen and oxygen atoms in total. The minimum atomic E-state index is -0.254. The van der Waals surface area contributed by atoms with Crippen LogP contribution in [0.3, 0.4) is 0 Å². The minimum Gasteiger partial charge on any atom is -0.493 e. The van der Waals surface area contributed by atoms with Gasteiger partial charge >= 0.3 is 0 Å². The third kappa shape index (κ3) is 2.80. The van der Waals surface area contributed by atoms with Gasteiger partial charge in [-0.1, -0.05) is 6.07 Å². The Morgan fingerprint density at radius 3 is 2.45 bits per heavy atom. The molecule has 2 N–H and O–H groups in total. The van der Waals surface area contributed by atoms with Gasteiger partial charge in [0.15, 0.2) is 11.5 Å². The second kappa shape index (κ2) is 6.47. The van der Waals surface area contributed by atoms with Crippen molar-refractivity contribution in [2.45, 2.75) is 12.5 Å². The van der Waals surface area contributed by atoms with E-state index in [1.807, 2.05) is 12.1 Å². The molecule has 1 atom stereocenters. The molecule has 1 aromatic rings. The molecule has 20 heavy (non-hydrogen) atoms. The van der Waals surface area contributed by atoms with Gasteiger partial charge in [0.25, 0.3) is 0 Å². The molecule has 1 amide bonds. The minimum absolute atomic E-state index is 0.00749. The average molecular weight is 280 g/mol. The van der Waals surface area contributed by atoms with E-state index in [0.29, 0.717) is 30.2 Å². The Bertz CT molecular complexity index is 490. The molecule has 0 saturated carbocycles. The summed E-state index contributed by atoms with van der Waals surface area (Å²) < 4.78 is 16.0. The Morgan fingerprint density at radius 1 is 1.10 bits per heavy atom. The van der Waals surface area contributed by atoms with Crippen molar-refractivity contribution in [3.8, 4) is 17.2 Å². The van der Waals surface area contributed by atoms with Crippen LogP contribution in [0.4, 0.5) is 0 Å². The van der Waals surface area contributed by atoms with Crippen LogP contribution >= 0.6 is 0 Å². The molecule has 0 bridgehead atoms. The van der Waals surface area contributed by atoms with Crippen LogP contribution in [0, 0.1) is 0 Å². The van der Waals surface area contributed by atoms with E-state index in [2.05, 4.69) is 10.6 Å². The molecule has 1 heterocycles. The van der Waals surface area contributed by atoms with Gasteiger partial charge in [-0.15, -0.1) is 0 Å². The van der Waals surface area contributed by atoms with Gasteiger partial charge in [-0.25, -0.2) is 0 Å². The fraction of sp³-hybridized carbons (Fsp3) is 0.500. The molecule has 2 rings (SSSR count). The topological polar surface area (TPSA) is 68.8 Å². The zero-order chi connectivity index (χ0) is 14.5. The van der Waals surface area contributed by atoms with Gasteiger partial charge in [0.2, 0.25) is 11.7 Å². The third-order valence-corrected chi connectivity index (χ3v) is 3.34. The number of carbonyl (C=O) groups is 1. The fourth-order valence-electron chi connectivity index (χ4n) is 2.36. The molecule has 1 aliphatic rings. The molecule has 0 aromatic heterocycles. The Balaban J connectivity index is 2.29. The van der Waals surface area contributed by atoms with Gasteiger partial charge in [-0.2, -0.15) is 0 Å². The second-order valence-electron chi connectivity index (χ2n) is 4.50. The summed E-state index contributed by atoms with van der Waals surface area (Å²) in [5, 5.41) is 6.04. The van der Waals surface area contributed by atoms with Crippen LogP contribution in [0.5, 0.6) is 17.2 Å². The summed E-state index contributed by atoms with van der Waals surface area (Å²) in [6.07, 6.45) is 0.537. The fourth-order valence-corrected chi connectivity index (χ4v) is 2.36. The smallest absolute Gasteiger partial charge is 0.237 e. The number of piperazine rings is 1. The van der Waals surface area contributed by atoms with Crippen LogP contribution in [0.2, 0.25) is 0 Å². The molecular formula is C14H20N2O4. The van der Waals surface area contributed by atoms with Crippen molar-refractivity contribution < 1.29 is 19.0 Å². The van der Waals surface area contributed by atoms with E-state index in [9.17, 15) is 4.79 Å². The van der Waals surface area contributed by atoms with Crippen molar-refractivity contribution in [1.82, 2.24) is 10.6 Å². The number of amides is 1. The van der Waals surface area contributed by atoms with E-state index < -0.39 is 0 Å². The highest BCUT2D eigenvalue weighted by Crippen LogP contribution is 2.40. The summed E-state index contributed by atoms with van der Waals surface area (Å²) in [6.45, 7) is 1.43. The van der Waals surface area contributed by atoms with Gasteiger partial charge in [0.1, 0.15) is 0 Å². The molecule has 110 valence electrons. The molecule has 1 fully saturated rings. The number of methoxy groups -OCH3 is 3. The molecule has 1 aromatic carbocycles. The summed E-state index contributed by atoms with van der Waals surface area (Å²) in [6, 6.07) is 3.46. The first-order valence-electron chi connectivity index (χ1n) is 6.50. The summed E-state index contributed by atoms with van der Waals surface area (Å²) in [5.41, 5.74) is 0.903. The average Bonchev–Trinajstić information content (AvgIpc) is 2.48. The number of ether oxygens (including phenoxy) is 3. The lowest BCUT2D eigenvalue weighted by Gasteiger charge is -2.24. The largest absolute Gasteiger partial charge is 0.493 e. The molecule has 1 aliphatic heterocycles. The number of hydrogen-bond acceptors (Lipinski definition) is 5. The molecule has 1 unspecified atom stereocenters. The predicted octanol–water partition coefficient (Wildman–Crippen LogP) is 0.343. The lowest BCUT2D eigenvalue weighted by atomic mass is 10.0. The zero-order valence-corrected chi connectivity index (χ0v) is 12.0. The van der Waals surface area contributed by atoms with E-state index in [-0.39, 0.29) is 11.9 Å². The molecule has 0 spiro atoms. The van der Waals surface area contributed by atoms with Gasteiger partial charge in [0, 0.05) is 25.1 Å². The Morgan fingerprint density at radius 2 is 1.85 bits per heavy atom. The van der Waals surface area contributed by atoms with Crippen LogP contribution in [0.15, 0.2) is 12.1 Å². The lowest BCUT2D eigenvalue weighted by Crippen LogP contribution is -2.53. The van der Waals surface area contributed by atoms with E-state index in [1.54, 1.807) is 21.3 Å². The Kier molecular flexibility index (Phi) is 4.68. The van der Waals surface area contributed by atoms with Crippen LogP contribution in [0.1, 0.15) is 5.56 Å². The summed E-state index contributed by atoms with van der Waals surface area (Å²) in [7, 11) is 4.72. The Labute approximate surface area is 118 Å². The molecule has 1 saturated heterocycles. The number of carbonyl (C=O) groups excluding carboxylic acids is 1. The SMILES string of the molecule is COc1ccc(CC2NCCNC2=O)c(OC)c1OC. The maximum atomic E-state index is 11.8. The Hall–Kier alpha value is -1.95. The predicted molar refractivity (Wildman–Crippen MR) is 74.6 cm³/mol. The normalized spacial score (nSPS) is 18.4. The standard InChI is InChI=1S/C14H20N2O4/c1-18-11-5-4-9(12(19-2)13(11)20-3)8-10-14(17)16-7-6-15-10/h4-5,10,15H,6-8H2,1-3H3,(H,16,17). The van der Waals surface area contributed by atoms with Gasteiger partial charge in [-0.05, 0) is 6.07 Å². The highest BCUT2D eigenvalue weighted by molar-refractivity contribution is 5.83. The zero-order valence-electron chi connectivity index (χ0n) is 12.0. The number of hydrogen-bond donors (Lipinski definition) is 2. The first kappa shape index (κ1) is 14.5. The van der Waals surface area contributed by atoms with Crippen molar-refractivity contribution in [2.75, 3.05) is 34.4 Å². The van der Waals surface area contributed by atoms with Crippen molar-refractivity contribution in [3.63, 3.8) is 0 Å². The molecule has 0 aliphatic carbocycles. The van der Waals surface area contributed by atoms with Gasteiger partial charge in [-0.3, -0.25) is 4.79 Å². The quantitative estimate of drug-likeness (QED) is 0.814. The van der Waals surface area contributed by atoms with Crippen molar-refractivity contribution in [3.05, 3.63) is 17.7 Å². The molecular weight excluding hydrogens is 260 g/mol. The van der Waals surface area contributed by atoms with Crippen molar-refractivity contribution >= 4 is 5.91 Å². The highest BCUT2D eigenvalue weighted by atomic mass is 16.5. The number of nitrogens with one attached hydrogen (secondary N) is 2. The molecule has 6 heteroatoms. The van der Waals surface area contributed by atoms with E-state index >= 15 is 0 Å². The first-order valence-corrected chi connectivity index (χ1v) is 6.50. The van der Waals surface area contributed by atoms with E-state index in [1.165, 1.54) is 0 Å².